The number of benzene rings is 2. The largest absolute Gasteiger partial charge is 0.313 e. The molecule has 0 bridgehead atoms. The second kappa shape index (κ2) is 6.13. The highest BCUT2D eigenvalue weighted by Crippen LogP contribution is 2.22. The van der Waals surface area contributed by atoms with E-state index in [0.29, 0.717) is 17.0 Å². The molecule has 100 valence electrons. The third-order valence-corrected chi connectivity index (χ3v) is 3.30. The van der Waals surface area contributed by atoms with E-state index >= 15 is 0 Å². The van der Waals surface area contributed by atoms with E-state index in [-0.39, 0.29) is 17.7 Å². The van der Waals surface area contributed by atoms with E-state index < -0.39 is 0 Å². The molecule has 0 fully saturated rings. The summed E-state index contributed by atoms with van der Waals surface area (Å²) in [6.07, 6.45) is 0.477. The van der Waals surface area contributed by atoms with Crippen molar-refractivity contribution in [2.45, 2.75) is 12.5 Å². The van der Waals surface area contributed by atoms with Gasteiger partial charge in [-0.3, -0.25) is 0 Å². The van der Waals surface area contributed by atoms with Crippen LogP contribution in [0.3, 0.4) is 0 Å². The summed E-state index contributed by atoms with van der Waals surface area (Å²) in [5.41, 5.74) is 1.49. The molecule has 2 rings (SSSR count). The van der Waals surface area contributed by atoms with Crippen LogP contribution in [-0.4, -0.2) is 7.05 Å². The Labute approximate surface area is 116 Å². The van der Waals surface area contributed by atoms with Crippen molar-refractivity contribution in [1.29, 1.82) is 0 Å². The Morgan fingerprint density at radius 3 is 2.37 bits per heavy atom. The summed E-state index contributed by atoms with van der Waals surface area (Å²) >= 11 is 5.72. The minimum Gasteiger partial charge on any atom is -0.313 e. The van der Waals surface area contributed by atoms with E-state index in [9.17, 15) is 8.78 Å². The zero-order valence-corrected chi connectivity index (χ0v) is 11.2. The average Bonchev–Trinajstić information content (AvgIpc) is 2.39. The van der Waals surface area contributed by atoms with E-state index in [0.717, 1.165) is 5.56 Å². The van der Waals surface area contributed by atoms with Crippen LogP contribution in [0, 0.1) is 11.6 Å². The smallest absolute Gasteiger partial charge is 0.127 e. The zero-order valence-electron chi connectivity index (χ0n) is 10.5. The van der Waals surface area contributed by atoms with Gasteiger partial charge in [0.15, 0.2) is 0 Å². The maximum atomic E-state index is 13.8. The van der Waals surface area contributed by atoms with Gasteiger partial charge in [-0.05, 0) is 48.9 Å². The first-order chi connectivity index (χ1) is 9.10. The van der Waals surface area contributed by atoms with Crippen molar-refractivity contribution < 1.29 is 8.78 Å². The Bertz CT molecular complexity index is 555. The molecule has 0 heterocycles. The first-order valence-electron chi connectivity index (χ1n) is 5.97. The zero-order chi connectivity index (χ0) is 13.8. The molecule has 1 atom stereocenters. The minimum atomic E-state index is -0.324. The van der Waals surface area contributed by atoms with Crippen molar-refractivity contribution in [3.8, 4) is 0 Å². The first-order valence-corrected chi connectivity index (χ1v) is 6.34. The van der Waals surface area contributed by atoms with Crippen molar-refractivity contribution in [3.05, 3.63) is 70.2 Å². The van der Waals surface area contributed by atoms with Crippen molar-refractivity contribution in [2.75, 3.05) is 7.05 Å². The van der Waals surface area contributed by atoms with Gasteiger partial charge in [0.1, 0.15) is 11.6 Å². The molecular weight excluding hydrogens is 268 g/mol. The lowest BCUT2D eigenvalue weighted by molar-refractivity contribution is 0.552. The predicted molar refractivity (Wildman–Crippen MR) is 73.3 cm³/mol. The fourth-order valence-corrected chi connectivity index (χ4v) is 2.15. The van der Waals surface area contributed by atoms with Gasteiger partial charge in [-0.15, -0.1) is 0 Å². The molecule has 0 aliphatic heterocycles. The van der Waals surface area contributed by atoms with Crippen molar-refractivity contribution in [2.24, 2.45) is 0 Å². The predicted octanol–water partition coefficient (Wildman–Crippen LogP) is 4.12. The summed E-state index contributed by atoms with van der Waals surface area (Å²) in [5.74, 6) is -0.605. The molecule has 19 heavy (non-hydrogen) atoms. The summed E-state index contributed by atoms with van der Waals surface area (Å²) in [6.45, 7) is 0. The molecule has 0 amide bonds. The van der Waals surface area contributed by atoms with E-state index in [1.165, 1.54) is 18.2 Å². The van der Waals surface area contributed by atoms with Gasteiger partial charge in [0, 0.05) is 11.1 Å². The molecule has 4 heteroatoms. The van der Waals surface area contributed by atoms with Crippen LogP contribution in [0.2, 0.25) is 5.02 Å². The molecule has 2 aromatic carbocycles. The Morgan fingerprint density at radius 1 is 1.11 bits per heavy atom. The lowest BCUT2D eigenvalue weighted by Gasteiger charge is -2.17. The summed E-state index contributed by atoms with van der Waals surface area (Å²) in [5, 5.41) is 3.48. The van der Waals surface area contributed by atoms with Crippen molar-refractivity contribution in [3.63, 3.8) is 0 Å². The van der Waals surface area contributed by atoms with Crippen LogP contribution >= 0.6 is 11.6 Å². The minimum absolute atomic E-state index is 0.0729. The fraction of sp³-hybridized carbons (Fsp3) is 0.200. The standard InChI is InChI=1S/C15H14ClF2N/c1-19-15(10-3-6-13(17)7-4-10)8-11-2-5-12(16)9-14(11)18/h2-7,9,15,19H,8H2,1H3. The van der Waals surface area contributed by atoms with Crippen LogP contribution in [-0.2, 0) is 6.42 Å². The maximum Gasteiger partial charge on any atom is 0.127 e. The third-order valence-electron chi connectivity index (χ3n) is 3.06. The van der Waals surface area contributed by atoms with Crippen LogP contribution in [0.25, 0.3) is 0 Å². The van der Waals surface area contributed by atoms with Crippen LogP contribution in [0.15, 0.2) is 42.5 Å². The maximum absolute atomic E-state index is 13.8. The van der Waals surface area contributed by atoms with Crippen LogP contribution in [0.5, 0.6) is 0 Å². The van der Waals surface area contributed by atoms with Gasteiger partial charge >= 0.3 is 0 Å². The summed E-state index contributed by atoms with van der Waals surface area (Å²) in [7, 11) is 1.79. The number of rotatable bonds is 4. The fourth-order valence-electron chi connectivity index (χ4n) is 1.99. The molecule has 1 unspecified atom stereocenters. The topological polar surface area (TPSA) is 12.0 Å². The molecule has 1 nitrogen and oxygen atoms in total. The van der Waals surface area contributed by atoms with Crippen LogP contribution in [0.1, 0.15) is 17.2 Å². The van der Waals surface area contributed by atoms with E-state index in [4.69, 9.17) is 11.6 Å². The van der Waals surface area contributed by atoms with Gasteiger partial charge in [0.05, 0.1) is 0 Å². The number of halogens is 3. The van der Waals surface area contributed by atoms with Gasteiger partial charge in [-0.25, -0.2) is 8.78 Å². The lowest BCUT2D eigenvalue weighted by atomic mass is 9.98. The highest BCUT2D eigenvalue weighted by atomic mass is 35.5. The van der Waals surface area contributed by atoms with Gasteiger partial charge in [-0.1, -0.05) is 29.8 Å². The molecular formula is C15H14ClF2N. The Balaban J connectivity index is 2.21. The van der Waals surface area contributed by atoms with E-state index in [1.54, 1.807) is 31.3 Å². The third kappa shape index (κ3) is 3.52. The Morgan fingerprint density at radius 2 is 1.79 bits per heavy atom. The molecule has 0 saturated carbocycles. The van der Waals surface area contributed by atoms with Crippen molar-refractivity contribution >= 4 is 11.6 Å². The second-order valence-electron chi connectivity index (χ2n) is 4.33. The van der Waals surface area contributed by atoms with Gasteiger partial charge in [-0.2, -0.15) is 0 Å². The highest BCUT2D eigenvalue weighted by molar-refractivity contribution is 6.30. The van der Waals surface area contributed by atoms with Gasteiger partial charge in [0.2, 0.25) is 0 Å². The average molecular weight is 282 g/mol. The molecule has 0 radical (unpaired) electrons. The molecule has 2 aromatic rings. The quantitative estimate of drug-likeness (QED) is 0.889. The molecule has 0 saturated heterocycles. The monoisotopic (exact) mass is 281 g/mol. The Hall–Kier alpha value is -1.45. The number of hydrogen-bond donors (Lipinski definition) is 1. The van der Waals surface area contributed by atoms with Crippen molar-refractivity contribution in [1.82, 2.24) is 5.32 Å². The second-order valence-corrected chi connectivity index (χ2v) is 4.77. The van der Waals surface area contributed by atoms with Crippen LogP contribution < -0.4 is 5.32 Å². The van der Waals surface area contributed by atoms with Gasteiger partial charge in [0.25, 0.3) is 0 Å². The summed E-state index contributed by atoms with van der Waals surface area (Å²) in [6, 6.07) is 10.8. The molecule has 1 N–H and O–H groups in total. The number of hydrogen-bond acceptors (Lipinski definition) is 1. The Kier molecular flexibility index (Phi) is 4.51. The van der Waals surface area contributed by atoms with E-state index in [2.05, 4.69) is 5.32 Å². The number of likely N-dealkylation sites (N-methyl/N-ethyl adjacent to an activating group) is 1. The van der Waals surface area contributed by atoms with E-state index in [1.807, 2.05) is 0 Å². The summed E-state index contributed by atoms with van der Waals surface area (Å²) < 4.78 is 26.6. The van der Waals surface area contributed by atoms with Crippen LogP contribution in [0.4, 0.5) is 8.78 Å². The lowest BCUT2D eigenvalue weighted by Crippen LogP contribution is -2.19. The molecule has 0 aliphatic carbocycles. The first kappa shape index (κ1) is 14.0. The molecule has 0 aromatic heterocycles. The molecule has 0 aliphatic rings. The molecule has 0 spiro atoms. The SMILES string of the molecule is CNC(Cc1ccc(Cl)cc1F)c1ccc(F)cc1. The number of nitrogens with one attached hydrogen (secondary N) is 1. The summed E-state index contributed by atoms with van der Waals surface area (Å²) in [4.78, 5) is 0. The normalized spacial score (nSPS) is 12.4. The highest BCUT2D eigenvalue weighted by Gasteiger charge is 2.13. The van der Waals surface area contributed by atoms with Gasteiger partial charge < -0.3 is 5.32 Å².